The second kappa shape index (κ2) is 5.68. The predicted molar refractivity (Wildman–Crippen MR) is 102 cm³/mol. The van der Waals surface area contributed by atoms with Gasteiger partial charge in [0.25, 0.3) is 0 Å². The number of fused-ring (bicyclic) bond motifs is 3. The average molecular weight is 365 g/mol. The highest BCUT2D eigenvalue weighted by molar-refractivity contribution is 6.30. The van der Waals surface area contributed by atoms with Crippen molar-refractivity contribution in [1.82, 2.24) is 0 Å². The zero-order chi connectivity index (χ0) is 18.6. The van der Waals surface area contributed by atoms with Crippen molar-refractivity contribution >= 4 is 34.1 Å². The fourth-order valence-electron chi connectivity index (χ4n) is 3.52. The van der Waals surface area contributed by atoms with Crippen molar-refractivity contribution in [2.45, 2.75) is 26.2 Å². The smallest absolute Gasteiger partial charge is 0.321 e. The van der Waals surface area contributed by atoms with Gasteiger partial charge in [-0.25, -0.2) is 0 Å². The standard InChI is InChI=1S/C22H17ClO3/c1-12-10-17-14(6-9-18-19(17)22(2,3)21(25)26-18)11-16(12)20(24)13-4-7-15(23)8-5-13/h4-11H,1-3H3. The average Bonchev–Trinajstić information content (AvgIpc) is 2.84. The Kier molecular flexibility index (Phi) is 3.67. The maximum atomic E-state index is 12.9. The van der Waals surface area contributed by atoms with Gasteiger partial charge in [0.1, 0.15) is 5.75 Å². The minimum Gasteiger partial charge on any atom is -0.426 e. The molecule has 3 aromatic carbocycles. The van der Waals surface area contributed by atoms with Crippen LogP contribution in [0.1, 0.15) is 40.9 Å². The summed E-state index contributed by atoms with van der Waals surface area (Å²) in [6.45, 7) is 5.64. The van der Waals surface area contributed by atoms with Gasteiger partial charge in [0, 0.05) is 21.7 Å². The lowest BCUT2D eigenvalue weighted by atomic mass is 9.82. The number of benzene rings is 3. The van der Waals surface area contributed by atoms with Gasteiger partial charge in [0.05, 0.1) is 5.41 Å². The van der Waals surface area contributed by atoms with Gasteiger partial charge in [0.15, 0.2) is 5.78 Å². The third kappa shape index (κ3) is 2.43. The van der Waals surface area contributed by atoms with E-state index in [9.17, 15) is 9.59 Å². The van der Waals surface area contributed by atoms with Crippen LogP contribution in [0.15, 0.2) is 48.5 Å². The van der Waals surface area contributed by atoms with Crippen LogP contribution in [0.25, 0.3) is 10.8 Å². The lowest BCUT2D eigenvalue weighted by Gasteiger charge is -2.17. The monoisotopic (exact) mass is 364 g/mol. The first-order valence-corrected chi connectivity index (χ1v) is 8.77. The molecule has 4 rings (SSSR count). The number of carbonyl (C=O) groups is 2. The molecule has 1 heterocycles. The third-order valence-corrected chi connectivity index (χ3v) is 5.27. The first-order valence-electron chi connectivity index (χ1n) is 8.39. The third-order valence-electron chi connectivity index (χ3n) is 5.02. The second-order valence-electron chi connectivity index (χ2n) is 7.18. The van der Waals surface area contributed by atoms with Crippen LogP contribution in [-0.2, 0) is 10.2 Å². The van der Waals surface area contributed by atoms with Crippen LogP contribution >= 0.6 is 11.6 Å². The number of halogens is 1. The fourth-order valence-corrected chi connectivity index (χ4v) is 3.65. The van der Waals surface area contributed by atoms with Gasteiger partial charge in [0.2, 0.25) is 0 Å². The highest BCUT2D eigenvalue weighted by Gasteiger charge is 2.42. The Morgan fingerprint density at radius 2 is 1.73 bits per heavy atom. The molecule has 4 heteroatoms. The Balaban J connectivity index is 1.89. The number of hydrogen-bond donors (Lipinski definition) is 0. The van der Waals surface area contributed by atoms with Crippen LogP contribution in [0, 0.1) is 6.92 Å². The molecule has 0 aliphatic carbocycles. The number of hydrogen-bond acceptors (Lipinski definition) is 3. The maximum absolute atomic E-state index is 12.9. The molecule has 1 aliphatic rings. The van der Waals surface area contributed by atoms with Crippen LogP contribution in [0.3, 0.4) is 0 Å². The van der Waals surface area contributed by atoms with Crippen molar-refractivity contribution in [2.24, 2.45) is 0 Å². The quantitative estimate of drug-likeness (QED) is 0.355. The van der Waals surface area contributed by atoms with Crippen LogP contribution < -0.4 is 4.74 Å². The number of ether oxygens (including phenoxy) is 1. The number of rotatable bonds is 2. The summed E-state index contributed by atoms with van der Waals surface area (Å²) in [6.07, 6.45) is 0. The van der Waals surface area contributed by atoms with Crippen LogP contribution in [0.4, 0.5) is 0 Å². The van der Waals surface area contributed by atoms with E-state index in [0.29, 0.717) is 21.9 Å². The van der Waals surface area contributed by atoms with Crippen LogP contribution in [0.2, 0.25) is 5.02 Å². The van der Waals surface area contributed by atoms with Crippen molar-refractivity contribution in [3.05, 3.63) is 75.8 Å². The normalized spacial score (nSPS) is 15.0. The second-order valence-corrected chi connectivity index (χ2v) is 7.61. The lowest BCUT2D eigenvalue weighted by Crippen LogP contribution is -2.26. The van der Waals surface area contributed by atoms with E-state index in [2.05, 4.69) is 0 Å². The molecule has 0 saturated carbocycles. The molecule has 3 aromatic rings. The van der Waals surface area contributed by atoms with Gasteiger partial charge in [-0.05, 0) is 73.5 Å². The van der Waals surface area contributed by atoms with Crippen molar-refractivity contribution < 1.29 is 14.3 Å². The summed E-state index contributed by atoms with van der Waals surface area (Å²) in [5.74, 6) is 0.302. The zero-order valence-electron chi connectivity index (χ0n) is 14.7. The topological polar surface area (TPSA) is 43.4 Å². The molecule has 130 valence electrons. The molecule has 0 unspecified atom stereocenters. The molecule has 26 heavy (non-hydrogen) atoms. The summed E-state index contributed by atoms with van der Waals surface area (Å²) >= 11 is 5.91. The summed E-state index contributed by atoms with van der Waals surface area (Å²) < 4.78 is 5.41. The molecule has 3 nitrogen and oxygen atoms in total. The van der Waals surface area contributed by atoms with Gasteiger partial charge < -0.3 is 4.74 Å². The van der Waals surface area contributed by atoms with E-state index in [1.54, 1.807) is 30.3 Å². The molecule has 0 saturated heterocycles. The highest BCUT2D eigenvalue weighted by atomic mass is 35.5. The Hall–Kier alpha value is -2.65. The van der Waals surface area contributed by atoms with Crippen molar-refractivity contribution in [2.75, 3.05) is 0 Å². The first kappa shape index (κ1) is 16.8. The van der Waals surface area contributed by atoms with Crippen molar-refractivity contribution in [3.8, 4) is 5.75 Å². The first-order chi connectivity index (χ1) is 12.3. The molecule has 0 N–H and O–H groups in total. The Bertz CT molecular complexity index is 1080. The molecule has 1 aliphatic heterocycles. The summed E-state index contributed by atoms with van der Waals surface area (Å²) in [5.41, 5.74) is 2.28. The molecule has 0 aromatic heterocycles. The molecule has 0 amide bonds. The van der Waals surface area contributed by atoms with E-state index in [1.807, 2.05) is 39.0 Å². The lowest BCUT2D eigenvalue weighted by molar-refractivity contribution is -0.137. The van der Waals surface area contributed by atoms with Crippen molar-refractivity contribution in [1.29, 1.82) is 0 Å². The summed E-state index contributed by atoms with van der Waals surface area (Å²) in [7, 11) is 0. The molecule has 0 atom stereocenters. The van der Waals surface area contributed by atoms with E-state index in [0.717, 1.165) is 21.9 Å². The molecular formula is C22H17ClO3. The van der Waals surface area contributed by atoms with Crippen LogP contribution in [0.5, 0.6) is 5.75 Å². The van der Waals surface area contributed by atoms with E-state index >= 15 is 0 Å². The van der Waals surface area contributed by atoms with Gasteiger partial charge in [-0.2, -0.15) is 0 Å². The molecule has 0 bridgehead atoms. The van der Waals surface area contributed by atoms with Crippen molar-refractivity contribution in [3.63, 3.8) is 0 Å². The fraction of sp³-hybridized carbons (Fsp3) is 0.182. The van der Waals surface area contributed by atoms with E-state index in [4.69, 9.17) is 16.3 Å². The highest BCUT2D eigenvalue weighted by Crippen LogP contribution is 2.44. The van der Waals surface area contributed by atoms with E-state index in [1.165, 1.54) is 0 Å². The summed E-state index contributed by atoms with van der Waals surface area (Å²) in [6, 6.07) is 14.4. The molecule has 0 fully saturated rings. The Labute approximate surface area is 156 Å². The van der Waals surface area contributed by atoms with Gasteiger partial charge in [-0.15, -0.1) is 0 Å². The molecular weight excluding hydrogens is 348 g/mol. The van der Waals surface area contributed by atoms with Gasteiger partial charge >= 0.3 is 5.97 Å². The Morgan fingerprint density at radius 1 is 1.04 bits per heavy atom. The minimum atomic E-state index is -0.705. The number of carbonyl (C=O) groups excluding carboxylic acids is 2. The van der Waals surface area contributed by atoms with E-state index < -0.39 is 5.41 Å². The largest absolute Gasteiger partial charge is 0.426 e. The summed E-state index contributed by atoms with van der Waals surface area (Å²) in [5, 5.41) is 2.46. The number of ketones is 1. The number of aryl methyl sites for hydroxylation is 1. The SMILES string of the molecule is Cc1cc2c3c(ccc2cc1C(=O)c1ccc(Cl)cc1)OC(=O)C3(C)C. The predicted octanol–water partition coefficient (Wildman–Crippen LogP) is 5.23. The zero-order valence-corrected chi connectivity index (χ0v) is 15.5. The maximum Gasteiger partial charge on any atom is 0.321 e. The summed E-state index contributed by atoms with van der Waals surface area (Å²) in [4.78, 5) is 25.1. The van der Waals surface area contributed by atoms with Gasteiger partial charge in [-0.3, -0.25) is 9.59 Å². The number of esters is 1. The van der Waals surface area contributed by atoms with Crippen LogP contribution in [-0.4, -0.2) is 11.8 Å². The van der Waals surface area contributed by atoms with Gasteiger partial charge in [-0.1, -0.05) is 23.7 Å². The van der Waals surface area contributed by atoms with E-state index in [-0.39, 0.29) is 11.8 Å². The minimum absolute atomic E-state index is 0.0480. The molecule has 0 radical (unpaired) electrons. The Morgan fingerprint density at radius 3 is 2.42 bits per heavy atom. The molecule has 0 spiro atoms.